The number of carboxylic acids is 1. The average molecular weight is 338 g/mol. The first-order chi connectivity index (χ1) is 10.6. The maximum absolute atomic E-state index is 12.5. The van der Waals surface area contributed by atoms with Crippen LogP contribution in [0.25, 0.3) is 0 Å². The van der Waals surface area contributed by atoms with Gasteiger partial charge in [0, 0.05) is 19.0 Å². The lowest BCUT2D eigenvalue weighted by Gasteiger charge is -2.30. The summed E-state index contributed by atoms with van der Waals surface area (Å²) in [6.07, 6.45) is 4.55. The molecule has 5 heteroatoms. The number of amides is 1. The van der Waals surface area contributed by atoms with E-state index in [0.29, 0.717) is 25.4 Å². The highest BCUT2D eigenvalue weighted by Gasteiger charge is 2.35. The molecule has 1 aromatic carbocycles. The van der Waals surface area contributed by atoms with Crippen molar-refractivity contribution in [3.05, 3.63) is 35.9 Å². The number of carboxylic acid groups (broad SMARTS) is 1. The van der Waals surface area contributed by atoms with Gasteiger partial charge < -0.3 is 10.0 Å². The Morgan fingerprint density at radius 1 is 0.957 bits per heavy atom. The first kappa shape index (κ1) is 17.8. The van der Waals surface area contributed by atoms with Crippen molar-refractivity contribution in [3.63, 3.8) is 0 Å². The Kier molecular flexibility index (Phi) is 6.05. The molecule has 3 rings (SSSR count). The first-order valence-corrected chi connectivity index (χ1v) is 8.21. The molecule has 1 aromatic rings. The van der Waals surface area contributed by atoms with Gasteiger partial charge in [-0.15, -0.1) is 12.4 Å². The summed E-state index contributed by atoms with van der Waals surface area (Å²) in [5.41, 5.74) is 1.38. The molecule has 23 heavy (non-hydrogen) atoms. The number of hydrogen-bond donors (Lipinski definition) is 1. The predicted octanol–water partition coefficient (Wildman–Crippen LogP) is 3.32. The summed E-state index contributed by atoms with van der Waals surface area (Å²) < 4.78 is 0. The van der Waals surface area contributed by atoms with E-state index >= 15 is 0 Å². The molecule has 0 bridgehead atoms. The van der Waals surface area contributed by atoms with Crippen LogP contribution in [-0.2, 0) is 9.59 Å². The fourth-order valence-electron chi connectivity index (χ4n) is 3.82. The zero-order chi connectivity index (χ0) is 15.5. The van der Waals surface area contributed by atoms with Crippen molar-refractivity contribution in [1.29, 1.82) is 0 Å². The Morgan fingerprint density at radius 2 is 1.61 bits per heavy atom. The molecule has 0 aromatic heterocycles. The van der Waals surface area contributed by atoms with Gasteiger partial charge in [0.2, 0.25) is 5.91 Å². The zero-order valence-corrected chi connectivity index (χ0v) is 14.0. The highest BCUT2D eigenvalue weighted by molar-refractivity contribution is 5.85. The van der Waals surface area contributed by atoms with E-state index in [-0.39, 0.29) is 30.2 Å². The summed E-state index contributed by atoms with van der Waals surface area (Å²) in [7, 11) is 0. The molecule has 1 aliphatic carbocycles. The number of rotatable bonds is 3. The quantitative estimate of drug-likeness (QED) is 0.920. The highest BCUT2D eigenvalue weighted by atomic mass is 35.5. The lowest BCUT2D eigenvalue weighted by molar-refractivity contribution is -0.141. The van der Waals surface area contributed by atoms with E-state index in [0.717, 1.165) is 25.7 Å². The van der Waals surface area contributed by atoms with E-state index in [1.54, 1.807) is 4.90 Å². The molecule has 1 saturated carbocycles. The van der Waals surface area contributed by atoms with Crippen LogP contribution in [0.5, 0.6) is 0 Å². The van der Waals surface area contributed by atoms with Gasteiger partial charge in [-0.05, 0) is 43.6 Å². The summed E-state index contributed by atoms with van der Waals surface area (Å²) in [6, 6.07) is 10.5. The Morgan fingerprint density at radius 3 is 2.17 bits per heavy atom. The van der Waals surface area contributed by atoms with E-state index in [9.17, 15) is 9.59 Å². The number of halogens is 1. The van der Waals surface area contributed by atoms with Crippen molar-refractivity contribution >= 4 is 24.3 Å². The van der Waals surface area contributed by atoms with Gasteiger partial charge in [-0.3, -0.25) is 9.59 Å². The van der Waals surface area contributed by atoms with Crippen molar-refractivity contribution in [1.82, 2.24) is 4.90 Å². The minimum absolute atomic E-state index is 0. The molecule has 126 valence electrons. The van der Waals surface area contributed by atoms with Gasteiger partial charge in [-0.2, -0.15) is 0 Å². The molecule has 2 fully saturated rings. The van der Waals surface area contributed by atoms with Gasteiger partial charge in [-0.25, -0.2) is 0 Å². The molecule has 2 aliphatic rings. The summed E-state index contributed by atoms with van der Waals surface area (Å²) in [4.78, 5) is 25.3. The third kappa shape index (κ3) is 4.05. The molecule has 0 radical (unpaired) electrons. The first-order valence-electron chi connectivity index (χ1n) is 8.21. The van der Waals surface area contributed by atoms with Crippen LogP contribution in [0.3, 0.4) is 0 Å². The van der Waals surface area contributed by atoms with Crippen LogP contribution in [-0.4, -0.2) is 35.0 Å². The Balaban J connectivity index is 0.00000192. The molecule has 1 saturated heterocycles. The number of nitrogens with zero attached hydrogens (tertiary/aromatic N) is 1. The second kappa shape index (κ2) is 7.82. The predicted molar refractivity (Wildman–Crippen MR) is 90.7 cm³/mol. The van der Waals surface area contributed by atoms with Crippen LogP contribution < -0.4 is 0 Å². The van der Waals surface area contributed by atoms with E-state index in [4.69, 9.17) is 5.11 Å². The minimum atomic E-state index is -0.775. The minimum Gasteiger partial charge on any atom is -0.481 e. The van der Waals surface area contributed by atoms with Crippen LogP contribution in [0.15, 0.2) is 30.3 Å². The second-order valence-corrected chi connectivity index (χ2v) is 6.57. The van der Waals surface area contributed by atoms with Crippen LogP contribution in [0.4, 0.5) is 0 Å². The number of carbonyl (C=O) groups is 2. The SMILES string of the molecule is Cl.O=C(O)C1CCN(C(=O)C2CCC(c3ccccc3)CC2)C1. The van der Waals surface area contributed by atoms with E-state index < -0.39 is 5.97 Å². The standard InChI is InChI=1S/C18H23NO3.ClH/c20-17(19-11-10-16(12-19)18(21)22)15-8-6-14(7-9-15)13-4-2-1-3-5-13;/h1-5,14-16H,6-12H2,(H,21,22);1H. The second-order valence-electron chi connectivity index (χ2n) is 6.57. The van der Waals surface area contributed by atoms with Crippen LogP contribution in [0, 0.1) is 11.8 Å². The van der Waals surface area contributed by atoms with Gasteiger partial charge in [-0.1, -0.05) is 30.3 Å². The molecule has 1 aliphatic heterocycles. The van der Waals surface area contributed by atoms with Crippen molar-refractivity contribution in [2.45, 2.75) is 38.0 Å². The van der Waals surface area contributed by atoms with Crippen LogP contribution in [0.1, 0.15) is 43.6 Å². The van der Waals surface area contributed by atoms with Crippen molar-refractivity contribution in [2.75, 3.05) is 13.1 Å². The monoisotopic (exact) mass is 337 g/mol. The van der Waals surface area contributed by atoms with Crippen molar-refractivity contribution in [3.8, 4) is 0 Å². The number of aliphatic carboxylic acids is 1. The van der Waals surface area contributed by atoms with Gasteiger partial charge in [0.05, 0.1) is 5.92 Å². The maximum Gasteiger partial charge on any atom is 0.308 e. The molecule has 1 atom stereocenters. The fraction of sp³-hybridized carbons (Fsp3) is 0.556. The van der Waals surface area contributed by atoms with Crippen molar-refractivity contribution in [2.24, 2.45) is 11.8 Å². The molecule has 4 nitrogen and oxygen atoms in total. The molecule has 1 unspecified atom stereocenters. The maximum atomic E-state index is 12.5. The summed E-state index contributed by atoms with van der Waals surface area (Å²) >= 11 is 0. The largest absolute Gasteiger partial charge is 0.481 e. The smallest absolute Gasteiger partial charge is 0.308 e. The Hall–Kier alpha value is -1.55. The van der Waals surface area contributed by atoms with E-state index in [1.807, 2.05) is 6.07 Å². The van der Waals surface area contributed by atoms with E-state index in [2.05, 4.69) is 24.3 Å². The average Bonchev–Trinajstić information content (AvgIpc) is 3.05. The van der Waals surface area contributed by atoms with Gasteiger partial charge in [0.25, 0.3) is 0 Å². The Bertz CT molecular complexity index is 540. The molecule has 1 heterocycles. The lowest BCUT2D eigenvalue weighted by Crippen LogP contribution is -2.36. The topological polar surface area (TPSA) is 57.6 Å². The molecule has 0 spiro atoms. The van der Waals surface area contributed by atoms with Crippen molar-refractivity contribution < 1.29 is 14.7 Å². The lowest BCUT2D eigenvalue weighted by atomic mass is 9.78. The van der Waals surface area contributed by atoms with Gasteiger partial charge in [0.1, 0.15) is 0 Å². The highest BCUT2D eigenvalue weighted by Crippen LogP contribution is 2.37. The van der Waals surface area contributed by atoms with Crippen LogP contribution in [0.2, 0.25) is 0 Å². The van der Waals surface area contributed by atoms with E-state index in [1.165, 1.54) is 5.56 Å². The summed E-state index contributed by atoms with van der Waals surface area (Å²) in [5.74, 6) is -0.314. The number of carbonyl (C=O) groups excluding carboxylic acids is 1. The fourth-order valence-corrected chi connectivity index (χ4v) is 3.82. The third-order valence-electron chi connectivity index (χ3n) is 5.20. The molecular weight excluding hydrogens is 314 g/mol. The number of hydrogen-bond acceptors (Lipinski definition) is 2. The van der Waals surface area contributed by atoms with Gasteiger partial charge >= 0.3 is 5.97 Å². The number of benzene rings is 1. The normalized spacial score (nSPS) is 27.3. The third-order valence-corrected chi connectivity index (χ3v) is 5.20. The molecular formula is C18H24ClNO3. The summed E-state index contributed by atoms with van der Waals surface area (Å²) in [5, 5.41) is 9.05. The molecule has 1 amide bonds. The Labute approximate surface area is 143 Å². The number of likely N-dealkylation sites (tertiary alicyclic amines) is 1. The van der Waals surface area contributed by atoms with Crippen LogP contribution >= 0.6 is 12.4 Å². The molecule has 1 N–H and O–H groups in total. The zero-order valence-electron chi connectivity index (χ0n) is 13.2. The van der Waals surface area contributed by atoms with Gasteiger partial charge in [0.15, 0.2) is 0 Å². The summed E-state index contributed by atoms with van der Waals surface area (Å²) in [6.45, 7) is 1.00.